The number of carboxylic acid groups (broad SMARTS) is 1. The van der Waals surface area contributed by atoms with E-state index in [0.29, 0.717) is 0 Å². The number of anilines is 1. The molecule has 10 heteroatoms. The number of alkyl halides is 3. The molecule has 1 saturated heterocycles. The maximum atomic E-state index is 13.1. The van der Waals surface area contributed by atoms with Crippen molar-refractivity contribution in [2.45, 2.75) is 44.5 Å². The number of ether oxygens (including phenoxy) is 1. The molecular weight excluding hydrogens is 381 g/mol. The number of fused-ring (bicyclic) bond motifs is 1. The molecule has 0 aromatic heterocycles. The van der Waals surface area contributed by atoms with Gasteiger partial charge in [0.25, 0.3) is 0 Å². The fourth-order valence-corrected chi connectivity index (χ4v) is 3.62. The third-order valence-electron chi connectivity index (χ3n) is 4.94. The number of hydrogen-bond acceptors (Lipinski definition) is 5. The summed E-state index contributed by atoms with van der Waals surface area (Å²) in [6.45, 7) is 1.81. The molecule has 7 nitrogen and oxygen atoms in total. The highest BCUT2D eigenvalue weighted by Crippen LogP contribution is 2.41. The molecule has 28 heavy (non-hydrogen) atoms. The number of imide groups is 1. The van der Waals surface area contributed by atoms with Crippen LogP contribution >= 0.6 is 0 Å². The Morgan fingerprint density at radius 1 is 1.25 bits per heavy atom. The van der Waals surface area contributed by atoms with E-state index in [4.69, 9.17) is 4.74 Å². The largest absolute Gasteiger partial charge is 0.485 e. The summed E-state index contributed by atoms with van der Waals surface area (Å²) in [4.78, 5) is 37.9. The summed E-state index contributed by atoms with van der Waals surface area (Å²) in [6, 6.07) is 2.20. The standard InChI is InChI=1S/C18H19F3N2O5/c1-2-22-11-7-10(18(19,20)21)3-4-13(11)28-14(8-17(26)27)12(22)9-23-15(24)5-6-16(23)25/h3-4,7,12,14H,2,5-6,8-9H2,1H3,(H,26,27). The lowest BCUT2D eigenvalue weighted by Gasteiger charge is -2.44. The van der Waals surface area contributed by atoms with Crippen LogP contribution in [0.3, 0.4) is 0 Å². The van der Waals surface area contributed by atoms with E-state index in [9.17, 15) is 32.7 Å². The first-order chi connectivity index (χ1) is 13.1. The number of hydrogen-bond donors (Lipinski definition) is 1. The van der Waals surface area contributed by atoms with Crippen molar-refractivity contribution in [2.75, 3.05) is 18.0 Å². The summed E-state index contributed by atoms with van der Waals surface area (Å²) in [5.74, 6) is -1.79. The Bertz CT molecular complexity index is 795. The van der Waals surface area contributed by atoms with E-state index in [-0.39, 0.29) is 49.2 Å². The lowest BCUT2D eigenvalue weighted by molar-refractivity contribution is -0.140. The number of amides is 2. The van der Waals surface area contributed by atoms with Crippen molar-refractivity contribution in [2.24, 2.45) is 0 Å². The molecule has 2 aliphatic heterocycles. The normalized spacial score (nSPS) is 22.3. The van der Waals surface area contributed by atoms with Crippen LogP contribution in [-0.4, -0.2) is 53.0 Å². The van der Waals surface area contributed by atoms with Crippen LogP contribution in [0.15, 0.2) is 18.2 Å². The Labute approximate surface area is 158 Å². The van der Waals surface area contributed by atoms with E-state index in [1.807, 2.05) is 0 Å². The lowest BCUT2D eigenvalue weighted by atomic mass is 10.00. The van der Waals surface area contributed by atoms with Gasteiger partial charge in [-0.05, 0) is 25.1 Å². The Kier molecular flexibility index (Phi) is 5.22. The van der Waals surface area contributed by atoms with Crippen LogP contribution in [0.1, 0.15) is 31.7 Å². The number of nitrogens with zero attached hydrogens (tertiary/aromatic N) is 2. The Hall–Kier alpha value is -2.78. The number of rotatable bonds is 5. The molecular formula is C18H19F3N2O5. The quantitative estimate of drug-likeness (QED) is 0.764. The van der Waals surface area contributed by atoms with Gasteiger partial charge in [-0.3, -0.25) is 19.3 Å². The highest BCUT2D eigenvalue weighted by atomic mass is 19.4. The van der Waals surface area contributed by atoms with Crippen LogP contribution in [0.5, 0.6) is 5.75 Å². The van der Waals surface area contributed by atoms with Gasteiger partial charge in [0, 0.05) is 19.4 Å². The number of likely N-dealkylation sites (tertiary alicyclic amines) is 1. The zero-order chi connectivity index (χ0) is 20.6. The molecule has 3 rings (SSSR count). The van der Waals surface area contributed by atoms with Gasteiger partial charge in [-0.2, -0.15) is 13.2 Å². The number of carboxylic acids is 1. The van der Waals surface area contributed by atoms with Crippen molar-refractivity contribution >= 4 is 23.5 Å². The van der Waals surface area contributed by atoms with E-state index in [1.54, 1.807) is 11.8 Å². The minimum absolute atomic E-state index is 0.0664. The molecule has 152 valence electrons. The first-order valence-electron chi connectivity index (χ1n) is 8.81. The number of halogens is 3. The summed E-state index contributed by atoms with van der Waals surface area (Å²) in [6.07, 6.45) is -5.77. The molecule has 2 amide bonds. The van der Waals surface area contributed by atoms with E-state index in [2.05, 4.69) is 0 Å². The monoisotopic (exact) mass is 400 g/mol. The third kappa shape index (κ3) is 3.76. The molecule has 2 heterocycles. The van der Waals surface area contributed by atoms with Crippen molar-refractivity contribution < 1.29 is 37.4 Å². The van der Waals surface area contributed by atoms with Gasteiger partial charge in [-0.1, -0.05) is 0 Å². The molecule has 2 atom stereocenters. The fourth-order valence-electron chi connectivity index (χ4n) is 3.62. The maximum Gasteiger partial charge on any atom is 0.416 e. The smallest absolute Gasteiger partial charge is 0.416 e. The van der Waals surface area contributed by atoms with Crippen molar-refractivity contribution in [3.05, 3.63) is 23.8 Å². The number of carbonyl (C=O) groups is 3. The highest BCUT2D eigenvalue weighted by molar-refractivity contribution is 6.02. The van der Waals surface area contributed by atoms with E-state index < -0.39 is 36.3 Å². The third-order valence-corrected chi connectivity index (χ3v) is 4.94. The van der Waals surface area contributed by atoms with Crippen LogP contribution in [0.4, 0.5) is 18.9 Å². The van der Waals surface area contributed by atoms with Gasteiger partial charge in [0.15, 0.2) is 0 Å². The second-order valence-corrected chi connectivity index (χ2v) is 6.69. The average molecular weight is 400 g/mol. The van der Waals surface area contributed by atoms with Crippen molar-refractivity contribution in [1.29, 1.82) is 0 Å². The first kappa shape index (κ1) is 20.0. The molecule has 0 saturated carbocycles. The van der Waals surface area contributed by atoms with Gasteiger partial charge >= 0.3 is 12.1 Å². The second-order valence-electron chi connectivity index (χ2n) is 6.69. The van der Waals surface area contributed by atoms with Crippen LogP contribution in [0, 0.1) is 0 Å². The van der Waals surface area contributed by atoms with Crippen molar-refractivity contribution in [3.63, 3.8) is 0 Å². The zero-order valence-corrected chi connectivity index (χ0v) is 15.0. The van der Waals surface area contributed by atoms with Gasteiger partial charge in [0.05, 0.1) is 30.3 Å². The average Bonchev–Trinajstić information content (AvgIpc) is 2.92. The number of benzene rings is 1. The molecule has 1 fully saturated rings. The highest BCUT2D eigenvalue weighted by Gasteiger charge is 2.42. The predicted molar refractivity (Wildman–Crippen MR) is 90.9 cm³/mol. The Morgan fingerprint density at radius 3 is 2.43 bits per heavy atom. The van der Waals surface area contributed by atoms with E-state index in [0.717, 1.165) is 23.1 Å². The molecule has 2 unspecified atom stereocenters. The van der Waals surface area contributed by atoms with Crippen LogP contribution in [0.2, 0.25) is 0 Å². The predicted octanol–water partition coefficient (Wildman–Crippen LogP) is 2.29. The van der Waals surface area contributed by atoms with Crippen LogP contribution < -0.4 is 9.64 Å². The van der Waals surface area contributed by atoms with Crippen LogP contribution in [-0.2, 0) is 20.6 Å². The lowest BCUT2D eigenvalue weighted by Crippen LogP contribution is -2.56. The van der Waals surface area contributed by atoms with Gasteiger partial charge in [0.1, 0.15) is 11.9 Å². The number of carbonyl (C=O) groups excluding carboxylic acids is 2. The molecule has 0 aliphatic carbocycles. The topological polar surface area (TPSA) is 87.2 Å². The molecule has 2 aliphatic rings. The van der Waals surface area contributed by atoms with Gasteiger partial charge in [0.2, 0.25) is 11.8 Å². The summed E-state index contributed by atoms with van der Waals surface area (Å²) >= 11 is 0. The second kappa shape index (κ2) is 7.33. The minimum Gasteiger partial charge on any atom is -0.485 e. The van der Waals surface area contributed by atoms with Gasteiger partial charge in [-0.15, -0.1) is 0 Å². The number of aliphatic carboxylic acids is 1. The maximum absolute atomic E-state index is 13.1. The Morgan fingerprint density at radius 2 is 1.89 bits per heavy atom. The molecule has 0 spiro atoms. The molecule has 1 aromatic rings. The molecule has 0 radical (unpaired) electrons. The fraction of sp³-hybridized carbons (Fsp3) is 0.500. The van der Waals surface area contributed by atoms with Gasteiger partial charge < -0.3 is 14.7 Å². The molecule has 1 aromatic carbocycles. The SMILES string of the molecule is CCN1c2cc(C(F)(F)F)ccc2OC(CC(=O)O)C1CN1C(=O)CCC1=O. The first-order valence-corrected chi connectivity index (χ1v) is 8.81. The molecule has 0 bridgehead atoms. The van der Waals surface area contributed by atoms with Crippen LogP contribution in [0.25, 0.3) is 0 Å². The van der Waals surface area contributed by atoms with E-state index >= 15 is 0 Å². The van der Waals surface area contributed by atoms with Crippen molar-refractivity contribution in [3.8, 4) is 5.75 Å². The molecule has 1 N–H and O–H groups in total. The summed E-state index contributed by atoms with van der Waals surface area (Å²) in [5.41, 5.74) is -0.708. The van der Waals surface area contributed by atoms with E-state index in [1.165, 1.54) is 0 Å². The zero-order valence-electron chi connectivity index (χ0n) is 15.0. The number of likely N-dealkylation sites (N-methyl/N-ethyl adjacent to an activating group) is 1. The van der Waals surface area contributed by atoms with Crippen molar-refractivity contribution in [1.82, 2.24) is 4.90 Å². The summed E-state index contributed by atoms with van der Waals surface area (Å²) in [7, 11) is 0. The van der Waals surface area contributed by atoms with Gasteiger partial charge in [-0.25, -0.2) is 0 Å². The summed E-state index contributed by atoms with van der Waals surface area (Å²) < 4.78 is 45.1. The Balaban J connectivity index is 2.00. The minimum atomic E-state index is -4.55. The summed E-state index contributed by atoms with van der Waals surface area (Å²) in [5, 5.41) is 9.21.